The SMILES string of the molecule is CCOC(C[C@@]1(C)Cc2cnn(-c3ccc(F)cc3)c2C=C1OC)c1ccccc1. The van der Waals surface area contributed by atoms with Crippen molar-refractivity contribution in [3.05, 3.63) is 89.2 Å². The molecule has 0 N–H and O–H groups in total. The lowest BCUT2D eigenvalue weighted by molar-refractivity contribution is 0.0204. The van der Waals surface area contributed by atoms with Gasteiger partial charge >= 0.3 is 0 Å². The number of fused-ring (bicyclic) bond motifs is 1. The molecule has 4 nitrogen and oxygen atoms in total. The second kappa shape index (κ2) is 8.44. The van der Waals surface area contributed by atoms with E-state index in [1.807, 2.05) is 36.0 Å². The van der Waals surface area contributed by atoms with Gasteiger partial charge in [0.2, 0.25) is 0 Å². The summed E-state index contributed by atoms with van der Waals surface area (Å²) in [5.41, 5.74) is 3.89. The number of allylic oxidation sites excluding steroid dienone is 1. The largest absolute Gasteiger partial charge is 0.500 e. The second-order valence-electron chi connectivity index (χ2n) is 7.95. The molecule has 0 radical (unpaired) electrons. The van der Waals surface area contributed by atoms with Gasteiger partial charge in [-0.05, 0) is 55.2 Å². The van der Waals surface area contributed by atoms with E-state index in [4.69, 9.17) is 9.47 Å². The lowest BCUT2D eigenvalue weighted by Gasteiger charge is -2.37. The standard InChI is InChI=1S/C25H27FN2O2/c1-4-30-23(18-8-6-5-7-9-18)16-25(2)15-19-17-27-28(22(19)14-24(25)29-3)21-12-10-20(26)11-13-21/h5-14,17,23H,4,15-16H2,1-3H3/t23?,25-/m1/s1. The zero-order valence-corrected chi connectivity index (χ0v) is 17.6. The van der Waals surface area contributed by atoms with Crippen LogP contribution in [-0.4, -0.2) is 23.5 Å². The smallest absolute Gasteiger partial charge is 0.123 e. The Balaban J connectivity index is 1.67. The summed E-state index contributed by atoms with van der Waals surface area (Å²) in [5.74, 6) is 0.642. The van der Waals surface area contributed by atoms with E-state index >= 15 is 0 Å². The number of nitrogens with zero attached hydrogens (tertiary/aromatic N) is 2. The Morgan fingerprint density at radius 2 is 1.87 bits per heavy atom. The van der Waals surface area contributed by atoms with E-state index in [0.717, 1.165) is 35.5 Å². The lowest BCUT2D eigenvalue weighted by atomic mass is 9.73. The first-order valence-corrected chi connectivity index (χ1v) is 10.3. The van der Waals surface area contributed by atoms with Gasteiger partial charge in [-0.1, -0.05) is 37.3 Å². The highest BCUT2D eigenvalue weighted by Crippen LogP contribution is 2.45. The monoisotopic (exact) mass is 406 g/mol. The molecule has 2 atom stereocenters. The summed E-state index contributed by atoms with van der Waals surface area (Å²) in [6, 6.07) is 16.7. The van der Waals surface area contributed by atoms with E-state index in [1.54, 1.807) is 19.2 Å². The number of hydrogen-bond donors (Lipinski definition) is 0. The molecule has 3 aromatic rings. The van der Waals surface area contributed by atoms with E-state index < -0.39 is 0 Å². The average Bonchev–Trinajstić information content (AvgIpc) is 3.16. The zero-order valence-electron chi connectivity index (χ0n) is 17.6. The van der Waals surface area contributed by atoms with Gasteiger partial charge in [0.15, 0.2) is 0 Å². The van der Waals surface area contributed by atoms with Gasteiger partial charge < -0.3 is 9.47 Å². The summed E-state index contributed by atoms with van der Waals surface area (Å²) < 4.78 is 27.2. The fourth-order valence-electron chi connectivity index (χ4n) is 4.30. The fourth-order valence-corrected chi connectivity index (χ4v) is 4.30. The third-order valence-corrected chi connectivity index (χ3v) is 5.80. The Morgan fingerprint density at radius 3 is 2.53 bits per heavy atom. The fraction of sp³-hybridized carbons (Fsp3) is 0.320. The Kier molecular flexibility index (Phi) is 5.73. The molecule has 5 heteroatoms. The number of halogens is 1. The molecule has 0 spiro atoms. The summed E-state index contributed by atoms with van der Waals surface area (Å²) in [4.78, 5) is 0. The lowest BCUT2D eigenvalue weighted by Crippen LogP contribution is -2.30. The highest BCUT2D eigenvalue weighted by molar-refractivity contribution is 5.59. The quantitative estimate of drug-likeness (QED) is 0.503. The Hall–Kier alpha value is -2.92. The molecule has 1 aliphatic carbocycles. The van der Waals surface area contributed by atoms with E-state index in [-0.39, 0.29) is 17.3 Å². The Labute approximate surface area is 176 Å². The van der Waals surface area contributed by atoms with Crippen LogP contribution in [0.25, 0.3) is 11.8 Å². The van der Waals surface area contributed by atoms with Gasteiger partial charge in [0, 0.05) is 18.1 Å². The maximum atomic E-state index is 13.3. The summed E-state index contributed by atoms with van der Waals surface area (Å²) in [5, 5.41) is 4.57. The summed E-state index contributed by atoms with van der Waals surface area (Å²) >= 11 is 0. The van der Waals surface area contributed by atoms with Gasteiger partial charge in [-0.3, -0.25) is 0 Å². The van der Waals surface area contributed by atoms with Crippen LogP contribution in [0.2, 0.25) is 0 Å². The minimum atomic E-state index is -0.261. The minimum Gasteiger partial charge on any atom is -0.500 e. The van der Waals surface area contributed by atoms with Crippen LogP contribution in [0.1, 0.15) is 43.2 Å². The molecule has 0 amide bonds. The van der Waals surface area contributed by atoms with Crippen molar-refractivity contribution >= 4 is 6.08 Å². The molecule has 0 bridgehead atoms. The molecule has 0 fully saturated rings. The third kappa shape index (κ3) is 3.90. The van der Waals surface area contributed by atoms with Crippen molar-refractivity contribution in [3.63, 3.8) is 0 Å². The molecule has 4 rings (SSSR count). The van der Waals surface area contributed by atoms with Crippen LogP contribution in [0, 0.1) is 11.2 Å². The molecular formula is C25H27FN2O2. The Bertz CT molecular complexity index is 1030. The maximum absolute atomic E-state index is 13.3. The maximum Gasteiger partial charge on any atom is 0.123 e. The van der Waals surface area contributed by atoms with Crippen molar-refractivity contribution in [2.75, 3.05) is 13.7 Å². The number of hydrogen-bond acceptors (Lipinski definition) is 3. The topological polar surface area (TPSA) is 36.3 Å². The molecule has 1 unspecified atom stereocenters. The van der Waals surface area contributed by atoms with Crippen molar-refractivity contribution in [3.8, 4) is 5.69 Å². The molecule has 1 aromatic heterocycles. The number of rotatable bonds is 7. The van der Waals surface area contributed by atoms with Crippen LogP contribution in [0.3, 0.4) is 0 Å². The normalized spacial score (nSPS) is 19.1. The van der Waals surface area contributed by atoms with Gasteiger partial charge in [0.25, 0.3) is 0 Å². The molecule has 0 aliphatic heterocycles. The second-order valence-corrected chi connectivity index (χ2v) is 7.95. The first kappa shape index (κ1) is 20.4. The first-order valence-electron chi connectivity index (χ1n) is 10.3. The number of benzene rings is 2. The number of aromatic nitrogens is 2. The molecule has 0 saturated carbocycles. The predicted molar refractivity (Wildman–Crippen MR) is 116 cm³/mol. The van der Waals surface area contributed by atoms with E-state index in [0.29, 0.717) is 6.61 Å². The summed E-state index contributed by atoms with van der Waals surface area (Å²) in [7, 11) is 1.71. The molecular weight excluding hydrogens is 379 g/mol. The minimum absolute atomic E-state index is 0.0200. The Morgan fingerprint density at radius 1 is 1.13 bits per heavy atom. The summed E-state index contributed by atoms with van der Waals surface area (Å²) in [6.07, 6.45) is 5.53. The van der Waals surface area contributed by atoms with E-state index in [9.17, 15) is 4.39 Å². The van der Waals surface area contributed by atoms with Gasteiger partial charge in [0.05, 0.1) is 30.8 Å². The van der Waals surface area contributed by atoms with Crippen LogP contribution >= 0.6 is 0 Å². The van der Waals surface area contributed by atoms with E-state index in [2.05, 4.69) is 30.2 Å². The molecule has 0 saturated heterocycles. The van der Waals surface area contributed by atoms with Gasteiger partial charge in [-0.15, -0.1) is 0 Å². The molecule has 30 heavy (non-hydrogen) atoms. The van der Waals surface area contributed by atoms with Crippen LogP contribution in [0.5, 0.6) is 0 Å². The molecule has 156 valence electrons. The molecule has 2 aromatic carbocycles. The third-order valence-electron chi connectivity index (χ3n) is 5.80. The van der Waals surface area contributed by atoms with Crippen molar-refractivity contribution in [2.24, 2.45) is 5.41 Å². The van der Waals surface area contributed by atoms with Crippen molar-refractivity contribution in [1.29, 1.82) is 0 Å². The van der Waals surface area contributed by atoms with Gasteiger partial charge in [0.1, 0.15) is 11.6 Å². The van der Waals surface area contributed by atoms with Crippen molar-refractivity contribution in [1.82, 2.24) is 9.78 Å². The van der Waals surface area contributed by atoms with Crippen molar-refractivity contribution in [2.45, 2.75) is 32.8 Å². The predicted octanol–water partition coefficient (Wildman–Crippen LogP) is 5.73. The highest BCUT2D eigenvalue weighted by atomic mass is 19.1. The van der Waals surface area contributed by atoms with E-state index in [1.165, 1.54) is 17.7 Å². The van der Waals surface area contributed by atoms with Crippen molar-refractivity contribution < 1.29 is 13.9 Å². The zero-order chi connectivity index (χ0) is 21.1. The molecule has 1 aliphatic rings. The van der Waals surface area contributed by atoms with Gasteiger partial charge in [-0.2, -0.15) is 5.10 Å². The summed E-state index contributed by atoms with van der Waals surface area (Å²) in [6.45, 7) is 4.89. The first-order chi connectivity index (χ1) is 14.5. The number of ether oxygens (including phenoxy) is 2. The highest BCUT2D eigenvalue weighted by Gasteiger charge is 2.39. The average molecular weight is 407 g/mol. The number of methoxy groups -OCH3 is 1. The van der Waals surface area contributed by atoms with Crippen LogP contribution < -0.4 is 0 Å². The van der Waals surface area contributed by atoms with Gasteiger partial charge in [-0.25, -0.2) is 9.07 Å². The van der Waals surface area contributed by atoms with Crippen LogP contribution in [0.15, 0.2) is 66.6 Å². The van der Waals surface area contributed by atoms with Crippen LogP contribution in [-0.2, 0) is 15.9 Å². The van der Waals surface area contributed by atoms with Crippen LogP contribution in [0.4, 0.5) is 4.39 Å². The molecule has 1 heterocycles.